The Hall–Kier alpha value is -3.03. The average Bonchev–Trinajstić information content (AvgIpc) is 2.56. The van der Waals surface area contributed by atoms with E-state index in [0.29, 0.717) is 0 Å². The van der Waals surface area contributed by atoms with E-state index in [1.54, 1.807) is 0 Å². The van der Waals surface area contributed by atoms with Crippen LogP contribution >= 0.6 is 0 Å². The largest absolute Gasteiger partial charge is 0.287 e. The summed E-state index contributed by atoms with van der Waals surface area (Å²) in [6.45, 7) is 3.91. The van der Waals surface area contributed by atoms with Crippen LogP contribution in [0.1, 0.15) is 13.8 Å². The van der Waals surface area contributed by atoms with Gasteiger partial charge in [-0.25, -0.2) is 4.98 Å². The molecule has 0 saturated heterocycles. The number of hydrogen-bond donors (Lipinski definition) is 0. The van der Waals surface area contributed by atoms with Crippen molar-refractivity contribution < 1.29 is 4.92 Å². The second kappa shape index (κ2) is 7.83. The molecule has 2 rings (SSSR count). The van der Waals surface area contributed by atoms with Gasteiger partial charge in [-0.3, -0.25) is 10.1 Å². The number of rotatable bonds is 6. The van der Waals surface area contributed by atoms with Crippen molar-refractivity contribution in [3.8, 4) is 0 Å². The highest BCUT2D eigenvalue weighted by molar-refractivity contribution is 5.35. The van der Waals surface area contributed by atoms with Crippen molar-refractivity contribution >= 4 is 17.2 Å². The van der Waals surface area contributed by atoms with Crippen LogP contribution in [0.5, 0.6) is 0 Å². The van der Waals surface area contributed by atoms with E-state index in [1.807, 2.05) is 44.2 Å². The van der Waals surface area contributed by atoms with Gasteiger partial charge in [-0.05, 0) is 24.1 Å². The summed E-state index contributed by atoms with van der Waals surface area (Å²) in [6.07, 6.45) is 0.691. The van der Waals surface area contributed by atoms with Crippen molar-refractivity contribution in [2.75, 3.05) is 0 Å². The molecule has 8 heteroatoms. The molecular weight excluding hydrogens is 296 g/mol. The summed E-state index contributed by atoms with van der Waals surface area (Å²) in [5.74, 6) is 0.389. The molecule has 8 nitrogen and oxygen atoms in total. The summed E-state index contributed by atoms with van der Waals surface area (Å²) in [6, 6.07) is 12.1. The molecule has 0 aliphatic heterocycles. The first-order valence-electron chi connectivity index (χ1n) is 7.03. The van der Waals surface area contributed by atoms with Crippen molar-refractivity contribution in [1.29, 1.82) is 0 Å². The summed E-state index contributed by atoms with van der Waals surface area (Å²) in [5.41, 5.74) is 0.648. The van der Waals surface area contributed by atoms with E-state index in [9.17, 15) is 10.1 Å². The highest BCUT2D eigenvalue weighted by atomic mass is 16.6. The number of hydrogen-bond acceptors (Lipinski definition) is 7. The van der Waals surface area contributed by atoms with Crippen molar-refractivity contribution in [3.63, 3.8) is 0 Å². The van der Waals surface area contributed by atoms with Gasteiger partial charge in [0.15, 0.2) is 12.0 Å². The van der Waals surface area contributed by atoms with Crippen LogP contribution in [0.2, 0.25) is 0 Å². The monoisotopic (exact) mass is 312 g/mol. The lowest BCUT2D eigenvalue weighted by Crippen LogP contribution is -2.07. The number of pyridine rings is 1. The lowest BCUT2D eigenvalue weighted by Gasteiger charge is -2.08. The molecule has 1 unspecified atom stereocenters. The van der Waals surface area contributed by atoms with Crippen molar-refractivity contribution in [2.24, 2.45) is 26.4 Å². The van der Waals surface area contributed by atoms with Crippen LogP contribution in [0.15, 0.2) is 69.1 Å². The highest BCUT2D eigenvalue weighted by Crippen LogP contribution is 2.19. The topological polar surface area (TPSA) is 105 Å². The van der Waals surface area contributed by atoms with Gasteiger partial charge in [-0.15, -0.1) is 5.11 Å². The van der Waals surface area contributed by atoms with Crippen LogP contribution in [-0.2, 0) is 0 Å². The van der Waals surface area contributed by atoms with Crippen LogP contribution in [0.4, 0.5) is 17.2 Å². The predicted octanol–water partition coefficient (Wildman–Crippen LogP) is 4.84. The Kier molecular flexibility index (Phi) is 5.56. The smallest absolute Gasteiger partial charge is 0.258 e. The van der Waals surface area contributed by atoms with E-state index in [1.165, 1.54) is 12.1 Å². The van der Waals surface area contributed by atoms with Crippen molar-refractivity contribution in [2.45, 2.75) is 20.0 Å². The lowest BCUT2D eigenvalue weighted by molar-refractivity contribution is -0.385. The zero-order valence-electron chi connectivity index (χ0n) is 12.8. The minimum absolute atomic E-state index is 0.0897. The minimum Gasteiger partial charge on any atom is -0.258 e. The Morgan fingerprint density at radius 2 is 1.74 bits per heavy atom. The van der Waals surface area contributed by atoms with E-state index in [0.717, 1.165) is 11.9 Å². The van der Waals surface area contributed by atoms with E-state index in [2.05, 4.69) is 25.4 Å². The molecule has 0 aliphatic rings. The number of aromatic nitrogens is 1. The van der Waals surface area contributed by atoms with Gasteiger partial charge in [0.2, 0.25) is 0 Å². The van der Waals surface area contributed by atoms with E-state index < -0.39 is 11.1 Å². The van der Waals surface area contributed by atoms with Crippen LogP contribution < -0.4 is 0 Å². The number of nitrogens with zero attached hydrogens (tertiary/aromatic N) is 6. The van der Waals surface area contributed by atoms with Crippen LogP contribution in [0, 0.1) is 16.0 Å². The molecule has 0 amide bonds. The second-order valence-electron chi connectivity index (χ2n) is 5.06. The van der Waals surface area contributed by atoms with Gasteiger partial charge in [0.25, 0.3) is 5.69 Å². The van der Waals surface area contributed by atoms with E-state index >= 15 is 0 Å². The Morgan fingerprint density at radius 1 is 1.04 bits per heavy atom. The van der Waals surface area contributed by atoms with E-state index in [4.69, 9.17) is 0 Å². The summed E-state index contributed by atoms with van der Waals surface area (Å²) in [4.78, 5) is 13.9. The highest BCUT2D eigenvalue weighted by Gasteiger charge is 2.11. The maximum Gasteiger partial charge on any atom is 0.287 e. The minimum atomic E-state index is -0.515. The quantitative estimate of drug-likeness (QED) is 0.432. The maximum absolute atomic E-state index is 10.6. The molecule has 0 bridgehead atoms. The van der Waals surface area contributed by atoms with Crippen LogP contribution in [-0.4, -0.2) is 16.1 Å². The maximum atomic E-state index is 10.6. The van der Waals surface area contributed by atoms with Gasteiger partial charge in [-0.1, -0.05) is 32.0 Å². The average molecular weight is 312 g/mol. The van der Waals surface area contributed by atoms with Gasteiger partial charge in [-0.2, -0.15) is 15.3 Å². The molecule has 1 aromatic carbocycles. The normalized spacial score (nSPS) is 13.0. The molecule has 0 saturated carbocycles. The summed E-state index contributed by atoms with van der Waals surface area (Å²) in [5, 5.41) is 27.0. The zero-order valence-corrected chi connectivity index (χ0v) is 12.8. The van der Waals surface area contributed by atoms with Crippen molar-refractivity contribution in [3.05, 3.63) is 58.8 Å². The van der Waals surface area contributed by atoms with Gasteiger partial charge in [0, 0.05) is 6.07 Å². The predicted molar refractivity (Wildman–Crippen MR) is 85.0 cm³/mol. The molecule has 0 fully saturated rings. The molecule has 1 aromatic heterocycles. The molecular formula is C15H16N6O2. The summed E-state index contributed by atoms with van der Waals surface area (Å²) in [7, 11) is 0. The Morgan fingerprint density at radius 3 is 2.30 bits per heavy atom. The SMILES string of the molecule is CC(C)C(N=Nc1ccccc1)N=Nc1ccc([N+](=O)[O-])cn1. The number of nitro groups is 1. The fourth-order valence-corrected chi connectivity index (χ4v) is 1.57. The number of benzene rings is 1. The van der Waals surface area contributed by atoms with Gasteiger partial charge >= 0.3 is 0 Å². The summed E-state index contributed by atoms with van der Waals surface area (Å²) < 4.78 is 0. The summed E-state index contributed by atoms with van der Waals surface area (Å²) >= 11 is 0. The first kappa shape index (κ1) is 16.3. The molecule has 0 N–H and O–H groups in total. The molecule has 23 heavy (non-hydrogen) atoms. The second-order valence-corrected chi connectivity index (χ2v) is 5.06. The van der Waals surface area contributed by atoms with E-state index in [-0.39, 0.29) is 17.4 Å². The third-order valence-electron chi connectivity index (χ3n) is 2.87. The third-order valence-corrected chi connectivity index (χ3v) is 2.87. The molecule has 118 valence electrons. The van der Waals surface area contributed by atoms with Gasteiger partial charge in [0.05, 0.1) is 10.6 Å². The van der Waals surface area contributed by atoms with Gasteiger partial charge in [0.1, 0.15) is 6.20 Å². The Bertz CT molecular complexity index is 698. The van der Waals surface area contributed by atoms with Crippen LogP contribution in [0.25, 0.3) is 0 Å². The van der Waals surface area contributed by atoms with Gasteiger partial charge < -0.3 is 0 Å². The fraction of sp³-hybridized carbons (Fsp3) is 0.267. The molecule has 1 atom stereocenters. The number of azo groups is 2. The van der Waals surface area contributed by atoms with Crippen molar-refractivity contribution in [1.82, 2.24) is 4.98 Å². The molecule has 0 radical (unpaired) electrons. The third kappa shape index (κ3) is 5.03. The molecule has 2 aromatic rings. The van der Waals surface area contributed by atoms with Crippen LogP contribution in [0.3, 0.4) is 0 Å². The first-order valence-corrected chi connectivity index (χ1v) is 7.03. The molecule has 0 aliphatic carbocycles. The standard InChI is InChI=1S/C15H16N6O2/c1-11(2)15(19-17-12-6-4-3-5-7-12)20-18-14-9-8-13(10-16-14)21(22)23/h3-11,15H,1-2H3. The molecule has 1 heterocycles. The Balaban J connectivity index is 2.09. The Labute approximate surface area is 133 Å². The first-order chi connectivity index (χ1) is 11.1. The lowest BCUT2D eigenvalue weighted by atomic mass is 10.2. The molecule has 0 spiro atoms. The zero-order chi connectivity index (χ0) is 16.7. The fourth-order valence-electron chi connectivity index (χ4n) is 1.57.